The molecule has 2 aliphatic heterocycles. The fourth-order valence-electron chi connectivity index (χ4n) is 5.05. The number of nitrogens with one attached hydrogen (secondary N) is 1. The van der Waals surface area contributed by atoms with Gasteiger partial charge in [0.1, 0.15) is 0 Å². The molecule has 0 aliphatic carbocycles. The van der Waals surface area contributed by atoms with Gasteiger partial charge in [0.05, 0.1) is 23.1 Å². The number of thioether (sulfide) groups is 1. The maximum atomic E-state index is 13.8. The molecule has 2 N–H and O–H groups in total. The van der Waals surface area contributed by atoms with Crippen LogP contribution < -0.4 is 10.2 Å². The Morgan fingerprint density at radius 3 is 2.32 bits per heavy atom. The fourth-order valence-corrected chi connectivity index (χ4v) is 6.37. The smallest absolute Gasteiger partial charge is 0.255 e. The standard InChI is InChI=1S/C29H29ClN4O2S/c1-19(2)33(24-12-8-5-9-13-24)29(36)18-37-28-31-20(3)25(27(35)32-23-10-6-4-7-11-23)26(34(28)29)21-14-16-22(30)17-15-21/h4-17,19,26,36H,18H2,1-3H3,(H,32,35)/t26-,29-/m0/s1. The quantitative estimate of drug-likeness (QED) is 0.366. The number of amidine groups is 1. The second-order valence-corrected chi connectivity index (χ2v) is 10.8. The lowest BCUT2D eigenvalue weighted by molar-refractivity contribution is -0.114. The Kier molecular flexibility index (Phi) is 7.03. The summed E-state index contributed by atoms with van der Waals surface area (Å²) in [6.07, 6.45) is 0. The SMILES string of the molecule is CC1=C(C(=O)Nc2ccccc2)[C@H](c2ccc(Cl)cc2)N2C(=N1)SC[C@]2(O)N(c1ccccc1)C(C)C. The molecule has 0 spiro atoms. The summed E-state index contributed by atoms with van der Waals surface area (Å²) in [5.41, 5.74) is 3.52. The Hall–Kier alpha value is -3.26. The number of fused-ring (bicyclic) bond motifs is 1. The van der Waals surface area contributed by atoms with Crippen molar-refractivity contribution in [2.24, 2.45) is 4.99 Å². The monoisotopic (exact) mass is 532 g/mol. The maximum absolute atomic E-state index is 13.8. The van der Waals surface area contributed by atoms with Gasteiger partial charge in [0.2, 0.25) is 5.85 Å². The third-order valence-electron chi connectivity index (χ3n) is 6.57. The molecule has 1 amide bonds. The molecular weight excluding hydrogens is 504 g/mol. The molecule has 37 heavy (non-hydrogen) atoms. The summed E-state index contributed by atoms with van der Waals surface area (Å²) in [7, 11) is 0. The second-order valence-electron chi connectivity index (χ2n) is 9.40. The highest BCUT2D eigenvalue weighted by Crippen LogP contribution is 2.49. The second kappa shape index (κ2) is 10.2. The van der Waals surface area contributed by atoms with Crippen LogP contribution in [0.4, 0.5) is 11.4 Å². The first kappa shape index (κ1) is 25.4. The van der Waals surface area contributed by atoms with Gasteiger partial charge >= 0.3 is 0 Å². The highest BCUT2D eigenvalue weighted by molar-refractivity contribution is 8.14. The molecule has 0 bridgehead atoms. The minimum absolute atomic E-state index is 0.0354. The van der Waals surface area contributed by atoms with E-state index in [0.717, 1.165) is 11.3 Å². The van der Waals surface area contributed by atoms with Gasteiger partial charge in [-0.2, -0.15) is 0 Å². The number of carbonyl (C=O) groups is 1. The Morgan fingerprint density at radius 1 is 1.08 bits per heavy atom. The molecule has 190 valence electrons. The van der Waals surface area contributed by atoms with Gasteiger partial charge in [-0.05, 0) is 62.7 Å². The molecule has 0 saturated carbocycles. The number of amides is 1. The van der Waals surface area contributed by atoms with E-state index in [1.807, 2.05) is 102 Å². The summed E-state index contributed by atoms with van der Waals surface area (Å²) >= 11 is 7.72. The van der Waals surface area contributed by atoms with Gasteiger partial charge in [0.25, 0.3) is 5.91 Å². The van der Waals surface area contributed by atoms with Crippen molar-refractivity contribution in [1.29, 1.82) is 0 Å². The third-order valence-corrected chi connectivity index (χ3v) is 7.90. The summed E-state index contributed by atoms with van der Waals surface area (Å²) in [6.45, 7) is 5.95. The zero-order valence-electron chi connectivity index (χ0n) is 20.9. The minimum atomic E-state index is -1.44. The first-order chi connectivity index (χ1) is 17.8. The number of nitrogens with zero attached hydrogens (tertiary/aromatic N) is 3. The molecular formula is C29H29ClN4O2S. The molecule has 5 rings (SSSR count). The van der Waals surface area contributed by atoms with Crippen molar-refractivity contribution in [1.82, 2.24) is 4.90 Å². The van der Waals surface area contributed by atoms with Crippen LogP contribution in [0.5, 0.6) is 0 Å². The number of benzene rings is 3. The molecule has 2 atom stereocenters. The fraction of sp³-hybridized carbons (Fsp3) is 0.241. The van der Waals surface area contributed by atoms with Gasteiger partial charge < -0.3 is 15.3 Å². The van der Waals surface area contributed by atoms with E-state index in [-0.39, 0.29) is 11.9 Å². The molecule has 0 radical (unpaired) electrons. The molecule has 1 fully saturated rings. The lowest BCUT2D eigenvalue weighted by atomic mass is 9.92. The molecule has 8 heteroatoms. The Balaban J connectivity index is 1.65. The van der Waals surface area contributed by atoms with E-state index in [2.05, 4.69) is 19.2 Å². The van der Waals surface area contributed by atoms with Crippen LogP contribution in [-0.4, -0.2) is 38.7 Å². The summed E-state index contributed by atoms with van der Waals surface area (Å²) < 4.78 is 0. The van der Waals surface area contributed by atoms with Crippen LogP contribution >= 0.6 is 23.4 Å². The van der Waals surface area contributed by atoms with Crippen LogP contribution in [0, 0.1) is 0 Å². The average Bonchev–Trinajstić information content (AvgIpc) is 3.21. The number of allylic oxidation sites excluding steroid dienone is 1. The van der Waals surface area contributed by atoms with Gasteiger partial charge in [0, 0.05) is 22.4 Å². The van der Waals surface area contributed by atoms with E-state index in [1.165, 1.54) is 11.8 Å². The molecule has 1 saturated heterocycles. The average molecular weight is 533 g/mol. The van der Waals surface area contributed by atoms with E-state index in [1.54, 1.807) is 0 Å². The van der Waals surface area contributed by atoms with Gasteiger partial charge in [-0.3, -0.25) is 9.69 Å². The molecule has 0 aromatic heterocycles. The summed E-state index contributed by atoms with van der Waals surface area (Å²) in [4.78, 5) is 22.5. The highest BCUT2D eigenvalue weighted by atomic mass is 35.5. The first-order valence-electron chi connectivity index (χ1n) is 12.2. The van der Waals surface area contributed by atoms with Gasteiger partial charge in [0.15, 0.2) is 5.17 Å². The topological polar surface area (TPSA) is 68.2 Å². The lowest BCUT2D eigenvalue weighted by Gasteiger charge is -2.50. The van der Waals surface area contributed by atoms with Crippen molar-refractivity contribution in [3.63, 3.8) is 0 Å². The van der Waals surface area contributed by atoms with E-state index >= 15 is 0 Å². The van der Waals surface area contributed by atoms with Crippen molar-refractivity contribution in [2.75, 3.05) is 16.0 Å². The number of aliphatic imine (C=N–C) groups is 1. The third kappa shape index (κ3) is 4.75. The van der Waals surface area contributed by atoms with Crippen molar-refractivity contribution in [3.8, 4) is 0 Å². The van der Waals surface area contributed by atoms with Crippen LogP contribution in [0.25, 0.3) is 0 Å². The van der Waals surface area contributed by atoms with Crippen LogP contribution in [0.2, 0.25) is 5.02 Å². The Labute approximate surface area is 226 Å². The molecule has 6 nitrogen and oxygen atoms in total. The number of anilines is 2. The molecule has 0 unspecified atom stereocenters. The molecule has 3 aromatic carbocycles. The van der Waals surface area contributed by atoms with Crippen molar-refractivity contribution >= 4 is 45.8 Å². The first-order valence-corrected chi connectivity index (χ1v) is 13.6. The molecule has 3 aromatic rings. The number of para-hydroxylation sites is 2. The number of rotatable bonds is 6. The number of carbonyl (C=O) groups excluding carboxylic acids is 1. The molecule has 2 heterocycles. The van der Waals surface area contributed by atoms with E-state index < -0.39 is 11.9 Å². The minimum Gasteiger partial charge on any atom is -0.353 e. The normalized spacial score (nSPS) is 21.1. The van der Waals surface area contributed by atoms with E-state index in [9.17, 15) is 9.90 Å². The van der Waals surface area contributed by atoms with E-state index in [0.29, 0.717) is 32.9 Å². The van der Waals surface area contributed by atoms with Crippen molar-refractivity contribution in [2.45, 2.75) is 38.7 Å². The van der Waals surface area contributed by atoms with Crippen LogP contribution in [0.15, 0.2) is 101 Å². The largest absolute Gasteiger partial charge is 0.353 e. The maximum Gasteiger partial charge on any atom is 0.255 e. The van der Waals surface area contributed by atoms with E-state index in [4.69, 9.17) is 16.6 Å². The summed E-state index contributed by atoms with van der Waals surface area (Å²) in [5.74, 6) is -1.34. The number of hydrogen-bond donors (Lipinski definition) is 2. The van der Waals surface area contributed by atoms with Gasteiger partial charge in [-0.1, -0.05) is 71.9 Å². The van der Waals surface area contributed by atoms with Gasteiger partial charge in [-0.15, -0.1) is 0 Å². The number of halogens is 1. The predicted octanol–water partition coefficient (Wildman–Crippen LogP) is 6.27. The Bertz CT molecular complexity index is 1350. The summed E-state index contributed by atoms with van der Waals surface area (Å²) in [6, 6.07) is 26.0. The number of aliphatic hydroxyl groups is 1. The van der Waals surface area contributed by atoms with Crippen molar-refractivity contribution in [3.05, 3.63) is 107 Å². The zero-order chi connectivity index (χ0) is 26.2. The lowest BCUT2D eigenvalue weighted by Crippen LogP contribution is -2.64. The zero-order valence-corrected chi connectivity index (χ0v) is 22.5. The van der Waals surface area contributed by atoms with Crippen LogP contribution in [0.1, 0.15) is 32.4 Å². The predicted molar refractivity (Wildman–Crippen MR) is 153 cm³/mol. The van der Waals surface area contributed by atoms with Crippen LogP contribution in [0.3, 0.4) is 0 Å². The Morgan fingerprint density at radius 2 is 1.70 bits per heavy atom. The number of hydrogen-bond acceptors (Lipinski definition) is 6. The van der Waals surface area contributed by atoms with Crippen molar-refractivity contribution < 1.29 is 9.90 Å². The molecule has 2 aliphatic rings. The van der Waals surface area contributed by atoms with Gasteiger partial charge in [-0.25, -0.2) is 4.99 Å². The van der Waals surface area contributed by atoms with Crippen LogP contribution in [-0.2, 0) is 4.79 Å². The summed E-state index contributed by atoms with van der Waals surface area (Å²) in [5, 5.41) is 16.8. The highest BCUT2D eigenvalue weighted by Gasteiger charge is 2.55.